The second-order valence-corrected chi connectivity index (χ2v) is 15.0. The minimum atomic E-state index is -3.87. The maximum absolute atomic E-state index is 14.0. The van der Waals surface area contributed by atoms with Crippen molar-refractivity contribution in [2.75, 3.05) is 38.5 Å². The maximum atomic E-state index is 14.0. The van der Waals surface area contributed by atoms with Crippen LogP contribution in [-0.4, -0.2) is 114 Å². The average Bonchev–Trinajstić information content (AvgIpc) is 3.68. The molecule has 0 aliphatic carbocycles. The first kappa shape index (κ1) is 38.8. The lowest BCUT2D eigenvalue weighted by molar-refractivity contribution is -0.157. The van der Waals surface area contributed by atoms with Crippen molar-refractivity contribution in [1.29, 1.82) is 0 Å². The summed E-state index contributed by atoms with van der Waals surface area (Å²) in [7, 11) is -3.87. The number of carbonyl (C=O) groups is 4. The molecule has 5 atom stereocenters. The molecule has 0 saturated carbocycles. The lowest BCUT2D eigenvalue weighted by Crippen LogP contribution is -2.50. The van der Waals surface area contributed by atoms with Gasteiger partial charge in [-0.25, -0.2) is 18.2 Å². The number of rotatable bonds is 7. The van der Waals surface area contributed by atoms with E-state index in [1.54, 1.807) is 32.1 Å². The van der Waals surface area contributed by atoms with Crippen molar-refractivity contribution in [3.8, 4) is 0 Å². The number of hydrogen-bond acceptors (Lipinski definition) is 11. The predicted molar refractivity (Wildman–Crippen MR) is 180 cm³/mol. The molecule has 1 fully saturated rings. The molecular weight excluding hydrogens is 640 g/mol. The summed E-state index contributed by atoms with van der Waals surface area (Å²) in [5, 5.41) is 11.9. The molecule has 2 aliphatic rings. The standard InChI is InChI=1S/C34H50N4O9S/c1-7-37(8-2)16-17-48(44,45)28-13-15-38-31(28)34(43)47-32(22(3)4)24(6)11-12-29(41)35-14-9-10-23(5)18-25(39)19-26(40)20-30-36-27(21-46-30)33(38)42/h9-12,18,21-22,24-25,28,31-32,39H,7-8,13-17,19-20H2,1-6H3,(H,35,41)/t24-,25?,28?,31?,32-/m1/s1. The summed E-state index contributed by atoms with van der Waals surface area (Å²) in [6.07, 6.45) is 6.68. The zero-order chi connectivity index (χ0) is 35.6. The molecule has 2 N–H and O–H groups in total. The first-order chi connectivity index (χ1) is 22.7. The minimum Gasteiger partial charge on any atom is -0.460 e. The number of ether oxygens (including phenoxy) is 1. The number of ketones is 1. The molecular formula is C34H50N4O9S. The Morgan fingerprint density at radius 3 is 2.52 bits per heavy atom. The Hall–Kier alpha value is -3.62. The molecule has 0 spiro atoms. The van der Waals surface area contributed by atoms with Crippen LogP contribution in [-0.2, 0) is 35.4 Å². The number of fused-ring (bicyclic) bond motifs is 3. The molecule has 2 bridgehead atoms. The molecule has 3 rings (SSSR count). The Morgan fingerprint density at radius 2 is 1.85 bits per heavy atom. The van der Waals surface area contributed by atoms with Crippen LogP contribution < -0.4 is 5.32 Å². The van der Waals surface area contributed by atoms with Crippen LogP contribution in [0.15, 0.2) is 46.6 Å². The van der Waals surface area contributed by atoms with Gasteiger partial charge in [-0.2, -0.15) is 0 Å². The number of sulfone groups is 1. The molecule has 1 aromatic heterocycles. The van der Waals surface area contributed by atoms with Gasteiger partial charge in [0.1, 0.15) is 24.2 Å². The number of nitrogens with zero attached hydrogens (tertiary/aromatic N) is 3. The molecule has 0 radical (unpaired) electrons. The van der Waals surface area contributed by atoms with Crippen LogP contribution in [0.25, 0.3) is 0 Å². The highest BCUT2D eigenvalue weighted by atomic mass is 32.2. The van der Waals surface area contributed by atoms with E-state index >= 15 is 0 Å². The van der Waals surface area contributed by atoms with E-state index in [0.29, 0.717) is 18.7 Å². The molecule has 0 aromatic carbocycles. The Morgan fingerprint density at radius 1 is 1.15 bits per heavy atom. The number of nitrogens with one attached hydrogen (secondary N) is 1. The molecule has 2 aliphatic heterocycles. The summed E-state index contributed by atoms with van der Waals surface area (Å²) in [5.74, 6) is -3.23. The Kier molecular flexibility index (Phi) is 14.3. The van der Waals surface area contributed by atoms with Crippen molar-refractivity contribution < 1.29 is 41.9 Å². The van der Waals surface area contributed by atoms with E-state index in [0.717, 1.165) is 11.2 Å². The first-order valence-electron chi connectivity index (χ1n) is 16.6. The van der Waals surface area contributed by atoms with Gasteiger partial charge in [0.05, 0.1) is 23.5 Å². The number of amides is 2. The summed E-state index contributed by atoms with van der Waals surface area (Å²) in [6, 6.07) is -1.44. The zero-order valence-electron chi connectivity index (χ0n) is 28.8. The highest BCUT2D eigenvalue weighted by molar-refractivity contribution is 7.92. The number of aliphatic hydroxyl groups excluding tert-OH is 1. The average molecular weight is 691 g/mol. The largest absolute Gasteiger partial charge is 0.460 e. The lowest BCUT2D eigenvalue weighted by Gasteiger charge is -2.31. The van der Waals surface area contributed by atoms with E-state index < -0.39 is 51.1 Å². The van der Waals surface area contributed by atoms with Gasteiger partial charge in [-0.3, -0.25) is 14.4 Å². The van der Waals surface area contributed by atoms with Crippen LogP contribution in [0.1, 0.15) is 70.8 Å². The summed E-state index contributed by atoms with van der Waals surface area (Å²) >= 11 is 0. The van der Waals surface area contributed by atoms with Gasteiger partial charge in [0.2, 0.25) is 11.8 Å². The first-order valence-corrected chi connectivity index (χ1v) is 18.3. The number of hydrogen-bond donors (Lipinski definition) is 2. The van der Waals surface area contributed by atoms with Crippen molar-refractivity contribution in [1.82, 2.24) is 20.1 Å². The third-order valence-corrected chi connectivity index (χ3v) is 10.8. The molecule has 266 valence electrons. The van der Waals surface area contributed by atoms with Gasteiger partial charge in [-0.15, -0.1) is 0 Å². The summed E-state index contributed by atoms with van der Waals surface area (Å²) < 4.78 is 38.9. The molecule has 14 heteroatoms. The molecule has 3 heterocycles. The normalized spacial score (nSPS) is 25.6. The monoisotopic (exact) mass is 690 g/mol. The summed E-state index contributed by atoms with van der Waals surface area (Å²) in [4.78, 5) is 60.3. The van der Waals surface area contributed by atoms with E-state index in [1.807, 2.05) is 32.6 Å². The van der Waals surface area contributed by atoms with E-state index in [9.17, 15) is 32.7 Å². The second kappa shape index (κ2) is 17.7. The fraction of sp³-hybridized carbons (Fsp3) is 0.618. The van der Waals surface area contributed by atoms with Gasteiger partial charge in [0.25, 0.3) is 5.91 Å². The van der Waals surface area contributed by atoms with Crippen LogP contribution in [0.3, 0.4) is 0 Å². The Labute approximate surface area is 283 Å². The van der Waals surface area contributed by atoms with Crippen LogP contribution in [0.4, 0.5) is 0 Å². The highest BCUT2D eigenvalue weighted by Crippen LogP contribution is 2.30. The Balaban J connectivity index is 2.00. The third-order valence-electron chi connectivity index (χ3n) is 8.66. The predicted octanol–water partition coefficient (Wildman–Crippen LogP) is 2.27. The number of esters is 1. The van der Waals surface area contributed by atoms with Crippen LogP contribution in [0, 0.1) is 11.8 Å². The van der Waals surface area contributed by atoms with Gasteiger partial charge >= 0.3 is 5.97 Å². The number of Topliss-reactive ketones (excluding diaryl/α,β-unsaturated/α-hetero) is 1. The third kappa shape index (κ3) is 10.7. The fourth-order valence-electron chi connectivity index (χ4n) is 5.99. The smallest absolute Gasteiger partial charge is 0.330 e. The molecule has 1 aromatic rings. The second-order valence-electron chi connectivity index (χ2n) is 12.7. The van der Waals surface area contributed by atoms with Crippen LogP contribution in [0.5, 0.6) is 0 Å². The number of allylic oxidation sites excluding steroid dienone is 2. The molecule has 3 unspecified atom stereocenters. The lowest BCUT2D eigenvalue weighted by atomic mass is 9.94. The number of aromatic nitrogens is 1. The van der Waals surface area contributed by atoms with Crippen molar-refractivity contribution in [3.05, 3.63) is 53.8 Å². The van der Waals surface area contributed by atoms with E-state index in [1.165, 1.54) is 12.2 Å². The van der Waals surface area contributed by atoms with Crippen molar-refractivity contribution in [3.63, 3.8) is 0 Å². The highest BCUT2D eigenvalue weighted by Gasteiger charge is 2.50. The topological polar surface area (TPSA) is 176 Å². The van der Waals surface area contributed by atoms with Crippen LogP contribution in [0.2, 0.25) is 0 Å². The van der Waals surface area contributed by atoms with E-state index in [-0.39, 0.29) is 73.8 Å². The van der Waals surface area contributed by atoms with Gasteiger partial charge < -0.3 is 29.4 Å². The minimum absolute atomic E-state index is 0.0243. The zero-order valence-corrected chi connectivity index (χ0v) is 29.6. The maximum Gasteiger partial charge on any atom is 0.330 e. The van der Waals surface area contributed by atoms with Gasteiger partial charge in [-0.05, 0) is 38.4 Å². The van der Waals surface area contributed by atoms with E-state index in [4.69, 9.17) is 9.15 Å². The van der Waals surface area contributed by atoms with Crippen molar-refractivity contribution in [2.45, 2.75) is 84.3 Å². The van der Waals surface area contributed by atoms with Gasteiger partial charge in [-0.1, -0.05) is 64.5 Å². The summed E-state index contributed by atoms with van der Waals surface area (Å²) in [6.45, 7) is 12.9. The number of cyclic esters (lactones) is 1. The van der Waals surface area contributed by atoms with Gasteiger partial charge in [0.15, 0.2) is 15.5 Å². The fourth-order valence-corrected chi connectivity index (χ4v) is 7.92. The number of aliphatic hydroxyl groups is 1. The van der Waals surface area contributed by atoms with Crippen molar-refractivity contribution in [2.24, 2.45) is 11.8 Å². The Bertz CT molecular complexity index is 1490. The SMILES string of the molecule is CCN(CC)CCS(=O)(=O)C1CCN2C(=O)c3coc(n3)CC(=O)CC(O)C=C(C)C=CCNC(=O)C=C[C@@H](C)[C@@H](C(C)C)OC(=O)C12. The molecule has 48 heavy (non-hydrogen) atoms. The van der Waals surface area contributed by atoms with Crippen molar-refractivity contribution >= 4 is 33.4 Å². The number of oxazole rings is 1. The molecule has 2 amide bonds. The van der Waals surface area contributed by atoms with E-state index in [2.05, 4.69) is 10.3 Å². The quantitative estimate of drug-likeness (QED) is 0.402. The van der Waals surface area contributed by atoms with Crippen LogP contribution >= 0.6 is 0 Å². The number of carbonyl (C=O) groups excluding carboxylic acids is 4. The van der Waals surface area contributed by atoms with Gasteiger partial charge in [0, 0.05) is 32.0 Å². The molecule has 13 nitrogen and oxygen atoms in total. The summed E-state index contributed by atoms with van der Waals surface area (Å²) in [5.41, 5.74) is 0.505. The molecule has 1 saturated heterocycles.